The third kappa shape index (κ3) is 5.32. The second-order valence-corrected chi connectivity index (χ2v) is 8.97. The predicted molar refractivity (Wildman–Crippen MR) is 132 cm³/mol. The molecule has 1 unspecified atom stereocenters. The molecule has 0 spiro atoms. The number of rotatable bonds is 8. The smallest absolute Gasteiger partial charge is 0.293 e. The molecule has 0 bridgehead atoms. The molecule has 10 heteroatoms. The summed E-state index contributed by atoms with van der Waals surface area (Å²) in [7, 11) is 3.05. The number of thioether (sulfide) groups is 1. The van der Waals surface area contributed by atoms with Crippen LogP contribution in [0.2, 0.25) is 0 Å². The highest BCUT2D eigenvalue weighted by molar-refractivity contribution is 8.18. The predicted octanol–water partition coefficient (Wildman–Crippen LogP) is 2.91. The van der Waals surface area contributed by atoms with Crippen LogP contribution in [0.3, 0.4) is 0 Å². The highest BCUT2D eigenvalue weighted by Gasteiger charge is 2.37. The molecular weight excluding hydrogens is 470 g/mol. The first-order chi connectivity index (χ1) is 16.9. The van der Waals surface area contributed by atoms with Gasteiger partial charge in [-0.2, -0.15) is 0 Å². The van der Waals surface area contributed by atoms with Crippen LogP contribution in [0.1, 0.15) is 12.0 Å². The van der Waals surface area contributed by atoms with Crippen molar-refractivity contribution in [3.8, 4) is 11.5 Å². The van der Waals surface area contributed by atoms with Gasteiger partial charge in [-0.15, -0.1) is 0 Å². The van der Waals surface area contributed by atoms with Crippen molar-refractivity contribution in [3.63, 3.8) is 0 Å². The highest BCUT2D eigenvalue weighted by atomic mass is 32.2. The standard InChI is InChI=1S/C25H25N3O6S/c1-33-19-9-8-16(12-20(19)34-2)13-21-24(31)27(25(32)35-21)11-10-26-23(30)17-14-22(29)28(15-17)18-6-4-3-5-7-18/h3-9,12-13,17H,10-11,14-15H2,1-2H3,(H,26,30). The van der Waals surface area contributed by atoms with E-state index in [-0.39, 0.29) is 36.2 Å². The van der Waals surface area contributed by atoms with Crippen LogP contribution < -0.4 is 19.7 Å². The van der Waals surface area contributed by atoms with Crippen molar-refractivity contribution in [3.05, 3.63) is 59.0 Å². The summed E-state index contributed by atoms with van der Waals surface area (Å²) < 4.78 is 10.5. The molecule has 4 amide bonds. The number of nitrogens with zero attached hydrogens (tertiary/aromatic N) is 2. The fraction of sp³-hybridized carbons (Fsp3) is 0.280. The van der Waals surface area contributed by atoms with Gasteiger partial charge in [0.1, 0.15) is 0 Å². The summed E-state index contributed by atoms with van der Waals surface area (Å²) in [5.74, 6) is -0.214. The summed E-state index contributed by atoms with van der Waals surface area (Å²) in [6.07, 6.45) is 1.74. The van der Waals surface area contributed by atoms with Gasteiger partial charge in [-0.1, -0.05) is 24.3 Å². The molecule has 2 aromatic rings. The number of methoxy groups -OCH3 is 2. The number of anilines is 1. The van der Waals surface area contributed by atoms with E-state index in [1.54, 1.807) is 29.2 Å². The van der Waals surface area contributed by atoms with E-state index in [9.17, 15) is 19.2 Å². The molecular formula is C25H25N3O6S. The Labute approximate surface area is 207 Å². The molecule has 1 N–H and O–H groups in total. The Balaban J connectivity index is 1.32. The maximum atomic E-state index is 12.8. The van der Waals surface area contributed by atoms with Gasteiger partial charge < -0.3 is 19.7 Å². The summed E-state index contributed by atoms with van der Waals surface area (Å²) in [6, 6.07) is 14.4. The van der Waals surface area contributed by atoms with Gasteiger partial charge in [0, 0.05) is 31.7 Å². The van der Waals surface area contributed by atoms with E-state index in [2.05, 4.69) is 5.32 Å². The van der Waals surface area contributed by atoms with Gasteiger partial charge in [0.2, 0.25) is 11.8 Å². The van der Waals surface area contributed by atoms with Gasteiger partial charge in [-0.05, 0) is 47.7 Å². The Kier molecular flexibility index (Phi) is 7.40. The number of hydrogen-bond acceptors (Lipinski definition) is 7. The van der Waals surface area contributed by atoms with Gasteiger partial charge in [-0.3, -0.25) is 24.1 Å². The monoisotopic (exact) mass is 495 g/mol. The van der Waals surface area contributed by atoms with Gasteiger partial charge in [0.15, 0.2) is 11.5 Å². The summed E-state index contributed by atoms with van der Waals surface area (Å²) >= 11 is 0.845. The summed E-state index contributed by atoms with van der Waals surface area (Å²) in [5.41, 5.74) is 1.45. The lowest BCUT2D eigenvalue weighted by atomic mass is 10.1. The molecule has 0 radical (unpaired) electrons. The van der Waals surface area contributed by atoms with Gasteiger partial charge in [0.05, 0.1) is 25.0 Å². The molecule has 182 valence electrons. The molecule has 0 aliphatic carbocycles. The SMILES string of the molecule is COc1ccc(C=C2SC(=O)N(CCNC(=O)C3CC(=O)N(c4ccccc4)C3)C2=O)cc1OC. The Morgan fingerprint density at radius 2 is 1.83 bits per heavy atom. The zero-order chi connectivity index (χ0) is 24.9. The molecule has 2 saturated heterocycles. The number of hydrogen-bond donors (Lipinski definition) is 1. The third-order valence-corrected chi connectivity index (χ3v) is 6.68. The van der Waals surface area contributed by atoms with Crippen molar-refractivity contribution in [2.45, 2.75) is 6.42 Å². The lowest BCUT2D eigenvalue weighted by molar-refractivity contribution is -0.127. The first kappa shape index (κ1) is 24.3. The Bertz CT molecular complexity index is 1180. The van der Waals surface area contributed by atoms with Gasteiger partial charge >= 0.3 is 0 Å². The van der Waals surface area contributed by atoms with E-state index in [1.165, 1.54) is 14.2 Å². The van der Waals surface area contributed by atoms with Crippen molar-refractivity contribution < 1.29 is 28.7 Å². The Morgan fingerprint density at radius 3 is 2.54 bits per heavy atom. The normalized spacial score (nSPS) is 19.0. The zero-order valence-electron chi connectivity index (χ0n) is 19.4. The van der Waals surface area contributed by atoms with Crippen LogP contribution in [0, 0.1) is 5.92 Å². The number of ether oxygens (including phenoxy) is 2. The van der Waals surface area contributed by atoms with Crippen molar-refractivity contribution >= 4 is 46.5 Å². The van der Waals surface area contributed by atoms with Gasteiger partial charge in [0.25, 0.3) is 11.1 Å². The molecule has 2 aliphatic rings. The summed E-state index contributed by atoms with van der Waals surface area (Å²) in [6.45, 7) is 0.448. The van der Waals surface area contributed by atoms with Crippen molar-refractivity contribution in [2.75, 3.05) is 38.8 Å². The molecule has 2 heterocycles. The molecule has 4 rings (SSSR count). The molecule has 0 aromatic heterocycles. The van der Waals surface area contributed by atoms with Crippen LogP contribution in [0.5, 0.6) is 11.5 Å². The number of imide groups is 1. The number of para-hydroxylation sites is 1. The first-order valence-electron chi connectivity index (χ1n) is 11.0. The third-order valence-electron chi connectivity index (χ3n) is 5.78. The van der Waals surface area contributed by atoms with Gasteiger partial charge in [-0.25, -0.2) is 0 Å². The average Bonchev–Trinajstić information content (AvgIpc) is 3.39. The Hall–Kier alpha value is -3.79. The molecule has 2 aromatic carbocycles. The maximum Gasteiger partial charge on any atom is 0.293 e. The van der Waals surface area contributed by atoms with Crippen molar-refractivity contribution in [1.29, 1.82) is 0 Å². The van der Waals surface area contributed by atoms with E-state index >= 15 is 0 Å². The number of amides is 4. The van der Waals surface area contributed by atoms with E-state index < -0.39 is 17.1 Å². The molecule has 1 atom stereocenters. The minimum absolute atomic E-state index is 0.0444. The molecule has 9 nitrogen and oxygen atoms in total. The minimum atomic E-state index is -0.484. The fourth-order valence-electron chi connectivity index (χ4n) is 3.96. The van der Waals surface area contributed by atoms with E-state index in [4.69, 9.17) is 9.47 Å². The van der Waals surface area contributed by atoms with Crippen LogP contribution in [-0.2, 0) is 14.4 Å². The lowest BCUT2D eigenvalue weighted by Crippen LogP contribution is -2.40. The Morgan fingerprint density at radius 1 is 1.09 bits per heavy atom. The van der Waals surface area contributed by atoms with E-state index in [0.717, 1.165) is 22.3 Å². The van der Waals surface area contributed by atoms with Crippen molar-refractivity contribution in [1.82, 2.24) is 10.2 Å². The maximum absolute atomic E-state index is 12.8. The number of benzene rings is 2. The lowest BCUT2D eigenvalue weighted by Gasteiger charge is -2.17. The van der Waals surface area contributed by atoms with Crippen LogP contribution in [0.15, 0.2) is 53.4 Å². The van der Waals surface area contributed by atoms with Crippen LogP contribution >= 0.6 is 11.8 Å². The van der Waals surface area contributed by atoms with E-state index in [1.807, 2.05) is 30.3 Å². The molecule has 35 heavy (non-hydrogen) atoms. The number of carbonyl (C=O) groups excluding carboxylic acids is 4. The quantitative estimate of drug-likeness (QED) is 0.562. The van der Waals surface area contributed by atoms with Crippen LogP contribution in [0.25, 0.3) is 6.08 Å². The van der Waals surface area contributed by atoms with Crippen LogP contribution in [-0.4, -0.2) is 61.7 Å². The minimum Gasteiger partial charge on any atom is -0.493 e. The van der Waals surface area contributed by atoms with E-state index in [0.29, 0.717) is 23.6 Å². The second-order valence-electron chi connectivity index (χ2n) is 7.98. The number of nitrogens with one attached hydrogen (secondary N) is 1. The highest BCUT2D eigenvalue weighted by Crippen LogP contribution is 2.34. The zero-order valence-corrected chi connectivity index (χ0v) is 20.2. The molecule has 0 saturated carbocycles. The second kappa shape index (κ2) is 10.6. The van der Waals surface area contributed by atoms with Crippen LogP contribution in [0.4, 0.5) is 10.5 Å². The summed E-state index contributed by atoms with van der Waals surface area (Å²) in [4.78, 5) is 53.1. The largest absolute Gasteiger partial charge is 0.493 e. The fourth-order valence-corrected chi connectivity index (χ4v) is 4.83. The first-order valence-corrected chi connectivity index (χ1v) is 11.8. The average molecular weight is 496 g/mol. The topological polar surface area (TPSA) is 105 Å². The molecule has 2 fully saturated rings. The number of carbonyl (C=O) groups is 4. The van der Waals surface area contributed by atoms with Crippen molar-refractivity contribution in [2.24, 2.45) is 5.92 Å². The molecule has 2 aliphatic heterocycles. The summed E-state index contributed by atoms with van der Waals surface area (Å²) in [5, 5.41) is 2.35.